The molecule has 184 valence electrons. The molecule has 6 nitrogen and oxygen atoms in total. The number of nitrogens with zero attached hydrogens (tertiary/aromatic N) is 2. The molecule has 1 heterocycles. The van der Waals surface area contributed by atoms with Crippen molar-refractivity contribution in [3.8, 4) is 5.69 Å². The van der Waals surface area contributed by atoms with Gasteiger partial charge in [0.05, 0.1) is 29.7 Å². The molecule has 1 fully saturated rings. The van der Waals surface area contributed by atoms with E-state index in [4.69, 9.17) is 4.74 Å². The number of methoxy groups -OCH3 is 1. The first-order valence-corrected chi connectivity index (χ1v) is 12.5. The van der Waals surface area contributed by atoms with E-state index in [2.05, 4.69) is 10.00 Å². The predicted octanol–water partition coefficient (Wildman–Crippen LogP) is 5.91. The highest BCUT2D eigenvalue weighted by molar-refractivity contribution is 5.98. The number of carbonyl (C=O) groups excluding carboxylic acids is 1. The van der Waals surface area contributed by atoms with E-state index in [0.717, 1.165) is 35.4 Å². The van der Waals surface area contributed by atoms with Crippen LogP contribution in [0.2, 0.25) is 0 Å². The molecule has 0 bridgehead atoms. The molecule has 1 N–H and O–H groups in total. The molecule has 6 heteroatoms. The zero-order valence-corrected chi connectivity index (χ0v) is 20.9. The number of rotatable bonds is 8. The molecule has 1 aromatic heterocycles. The van der Waals surface area contributed by atoms with Gasteiger partial charge in [-0.25, -0.2) is 4.68 Å². The highest BCUT2D eigenvalue weighted by atomic mass is 16.5. The second-order valence-corrected chi connectivity index (χ2v) is 9.21. The largest absolute Gasteiger partial charge is 0.497 e. The van der Waals surface area contributed by atoms with Crippen LogP contribution in [0.4, 0.5) is 0 Å². The van der Waals surface area contributed by atoms with Crippen LogP contribution in [0.3, 0.4) is 0 Å². The van der Waals surface area contributed by atoms with Crippen molar-refractivity contribution in [2.75, 3.05) is 13.7 Å². The van der Waals surface area contributed by atoms with Crippen LogP contribution in [0.5, 0.6) is 0 Å². The fourth-order valence-electron chi connectivity index (χ4n) is 4.91. The number of hydrogen-bond donors (Lipinski definition) is 1. The molecular weight excluding hydrogens is 438 g/mol. The summed E-state index contributed by atoms with van der Waals surface area (Å²) in [6.07, 6.45) is 10.3. The first-order valence-electron chi connectivity index (χ1n) is 12.5. The summed E-state index contributed by atoms with van der Waals surface area (Å²) in [6.45, 7) is 4.45. The van der Waals surface area contributed by atoms with Crippen molar-refractivity contribution in [1.29, 1.82) is 0 Å². The molecule has 2 aromatic carbocycles. The zero-order valence-electron chi connectivity index (χ0n) is 20.9. The molecule has 1 saturated carbocycles. The molecule has 1 amide bonds. The highest BCUT2D eigenvalue weighted by Crippen LogP contribution is 2.31. The van der Waals surface area contributed by atoms with Crippen molar-refractivity contribution >= 4 is 16.8 Å². The van der Waals surface area contributed by atoms with Crippen LogP contribution in [0.15, 0.2) is 76.8 Å². The number of allylic oxidation sites excluding steroid dienone is 2. The molecule has 1 aliphatic rings. The lowest BCUT2D eigenvalue weighted by molar-refractivity contribution is 0.0954. The Morgan fingerprint density at radius 3 is 2.54 bits per heavy atom. The van der Waals surface area contributed by atoms with Gasteiger partial charge in [-0.15, -0.1) is 0 Å². The molecule has 3 aromatic rings. The van der Waals surface area contributed by atoms with Crippen molar-refractivity contribution < 1.29 is 9.53 Å². The quantitative estimate of drug-likeness (QED) is 0.327. The Hall–Kier alpha value is -3.54. The maximum absolute atomic E-state index is 13.6. The lowest BCUT2D eigenvalue weighted by Gasteiger charge is -2.26. The van der Waals surface area contributed by atoms with Crippen molar-refractivity contribution in [1.82, 2.24) is 14.7 Å². The zero-order chi connectivity index (χ0) is 24.8. The van der Waals surface area contributed by atoms with E-state index in [1.54, 1.807) is 17.9 Å². The summed E-state index contributed by atoms with van der Waals surface area (Å²) in [7, 11) is 1.64. The number of carbonyl (C=O) groups is 1. The Morgan fingerprint density at radius 2 is 1.86 bits per heavy atom. The van der Waals surface area contributed by atoms with Gasteiger partial charge in [-0.2, -0.15) is 0 Å². The van der Waals surface area contributed by atoms with Crippen LogP contribution in [0.1, 0.15) is 68.8 Å². The Labute approximate surface area is 206 Å². The van der Waals surface area contributed by atoms with Gasteiger partial charge in [0.1, 0.15) is 5.76 Å². The fraction of sp³-hybridized carbons (Fsp3) is 0.379. The monoisotopic (exact) mass is 473 g/mol. The van der Waals surface area contributed by atoms with Gasteiger partial charge in [0.2, 0.25) is 0 Å². The van der Waals surface area contributed by atoms with Gasteiger partial charge in [-0.05, 0) is 75.6 Å². The first-order chi connectivity index (χ1) is 17.0. The minimum absolute atomic E-state index is 0.0800. The first kappa shape index (κ1) is 24.6. The molecule has 0 aliphatic heterocycles. The van der Waals surface area contributed by atoms with Gasteiger partial charge in [0, 0.05) is 12.1 Å². The number of para-hydroxylation sites is 1. The van der Waals surface area contributed by atoms with Gasteiger partial charge in [0.15, 0.2) is 0 Å². The molecule has 0 saturated heterocycles. The van der Waals surface area contributed by atoms with Crippen LogP contribution >= 0.6 is 0 Å². The average Bonchev–Trinajstić information content (AvgIpc) is 3.19. The van der Waals surface area contributed by atoms with Crippen LogP contribution < -0.4 is 10.9 Å². The minimum Gasteiger partial charge on any atom is -0.497 e. The number of aromatic nitrogens is 2. The number of benzene rings is 2. The van der Waals surface area contributed by atoms with Crippen molar-refractivity contribution in [2.45, 2.75) is 58.4 Å². The van der Waals surface area contributed by atoms with Crippen molar-refractivity contribution in [3.05, 3.63) is 87.9 Å². The Bertz CT molecular complexity index is 1290. The fourth-order valence-corrected chi connectivity index (χ4v) is 4.91. The normalized spacial score (nSPS) is 15.4. The number of ether oxygens (including phenoxy) is 1. The summed E-state index contributed by atoms with van der Waals surface area (Å²) in [5.74, 6) is 0.630. The maximum Gasteiger partial charge on any atom is 0.279 e. The second kappa shape index (κ2) is 11.3. The number of hydrogen-bond acceptors (Lipinski definition) is 3. The van der Waals surface area contributed by atoms with E-state index < -0.39 is 0 Å². The Balaban J connectivity index is 1.62. The summed E-state index contributed by atoms with van der Waals surface area (Å²) in [5.41, 5.74) is 3.28. The van der Waals surface area contributed by atoms with E-state index in [-0.39, 0.29) is 17.5 Å². The SMILES string of the molecule is C/C=C(\C=C(/C)CCNC(=O)c1ccc2c(c1)c(=O)n(-c1ccccc1)n2C1CCCCC1)OC. The molecule has 1 aliphatic carbocycles. The Morgan fingerprint density at radius 1 is 1.11 bits per heavy atom. The van der Waals surface area contributed by atoms with Crippen LogP contribution in [-0.2, 0) is 4.74 Å². The summed E-state index contributed by atoms with van der Waals surface area (Å²) in [5, 5.41) is 3.57. The molecule has 0 radical (unpaired) electrons. The van der Waals surface area contributed by atoms with E-state index in [1.165, 1.54) is 19.3 Å². The summed E-state index contributed by atoms with van der Waals surface area (Å²) in [6, 6.07) is 15.6. The van der Waals surface area contributed by atoms with E-state index in [0.29, 0.717) is 23.9 Å². The summed E-state index contributed by atoms with van der Waals surface area (Å²) in [4.78, 5) is 26.5. The maximum atomic E-state index is 13.6. The van der Waals surface area contributed by atoms with Crippen molar-refractivity contribution in [3.63, 3.8) is 0 Å². The number of amides is 1. The second-order valence-electron chi connectivity index (χ2n) is 9.21. The third-order valence-electron chi connectivity index (χ3n) is 6.78. The van der Waals surface area contributed by atoms with Crippen LogP contribution in [0, 0.1) is 0 Å². The van der Waals surface area contributed by atoms with E-state index >= 15 is 0 Å². The van der Waals surface area contributed by atoms with E-state index in [1.807, 2.05) is 68.5 Å². The third kappa shape index (κ3) is 5.42. The van der Waals surface area contributed by atoms with Crippen LogP contribution in [-0.4, -0.2) is 28.9 Å². The van der Waals surface area contributed by atoms with Gasteiger partial charge >= 0.3 is 0 Å². The van der Waals surface area contributed by atoms with E-state index in [9.17, 15) is 9.59 Å². The highest BCUT2D eigenvalue weighted by Gasteiger charge is 2.24. The molecule has 0 atom stereocenters. The molecule has 4 rings (SSSR count). The smallest absolute Gasteiger partial charge is 0.279 e. The average molecular weight is 474 g/mol. The van der Waals surface area contributed by atoms with Crippen LogP contribution in [0.25, 0.3) is 16.6 Å². The molecule has 0 spiro atoms. The lowest BCUT2D eigenvalue weighted by atomic mass is 9.95. The van der Waals surface area contributed by atoms with Gasteiger partial charge < -0.3 is 10.1 Å². The standard InChI is InChI=1S/C29H35N3O3/c1-4-25(35-3)19-21(2)17-18-30-28(33)22-15-16-27-26(20-22)29(34)32(24-13-9-6-10-14-24)31(27)23-11-7-5-8-12-23/h4,6,9-10,13-16,19-20,23H,5,7-8,11-12,17-18H2,1-3H3,(H,30,33)/b21-19+,25-4+. The third-order valence-corrected chi connectivity index (χ3v) is 6.78. The number of fused-ring (bicyclic) bond motifs is 1. The summed E-state index contributed by atoms with van der Waals surface area (Å²) < 4.78 is 9.23. The Kier molecular flexibility index (Phi) is 7.91. The lowest BCUT2D eigenvalue weighted by Crippen LogP contribution is -2.25. The molecule has 35 heavy (non-hydrogen) atoms. The number of nitrogens with one attached hydrogen (secondary N) is 1. The van der Waals surface area contributed by atoms with Crippen molar-refractivity contribution in [2.24, 2.45) is 0 Å². The molecule has 0 unspecified atom stereocenters. The van der Waals surface area contributed by atoms with Gasteiger partial charge in [-0.3, -0.25) is 14.3 Å². The predicted molar refractivity (Wildman–Crippen MR) is 141 cm³/mol. The minimum atomic E-state index is -0.172. The summed E-state index contributed by atoms with van der Waals surface area (Å²) >= 11 is 0. The van der Waals surface area contributed by atoms with Gasteiger partial charge in [0.25, 0.3) is 11.5 Å². The topological polar surface area (TPSA) is 65.3 Å². The molecular formula is C29H35N3O3. The van der Waals surface area contributed by atoms with Gasteiger partial charge in [-0.1, -0.05) is 43.0 Å².